The van der Waals surface area contributed by atoms with Gasteiger partial charge in [-0.1, -0.05) is 70.5 Å². The van der Waals surface area contributed by atoms with Gasteiger partial charge in [0.15, 0.2) is 11.7 Å². The Morgan fingerprint density at radius 3 is 2.04 bits per heavy atom. The predicted molar refractivity (Wildman–Crippen MR) is 289 cm³/mol. The van der Waals surface area contributed by atoms with E-state index in [2.05, 4.69) is 46.9 Å². The Hall–Kier alpha value is -9.18. The number of carboxylic acids is 2. The molecule has 9 atom stereocenters. The number of nitrogens with one attached hydrogen (secondary N) is 8. The van der Waals surface area contributed by atoms with Crippen molar-refractivity contribution in [1.29, 1.82) is 0 Å². The molecule has 15 N–H and O–H groups in total. The maximum atomic E-state index is 14.7. The molecule has 2 heterocycles. The number of hydrogen-bond donors (Lipinski definition) is 13. The maximum Gasteiger partial charge on any atom is 0.326 e. The van der Waals surface area contributed by atoms with Gasteiger partial charge in [0.25, 0.3) is 0 Å². The number of aromatic nitrogens is 2. The molecule has 0 bridgehead atoms. The zero-order chi connectivity index (χ0) is 62.6. The average molecular weight is 1140 g/mol. The lowest BCUT2D eigenvalue weighted by Gasteiger charge is -2.32. The van der Waals surface area contributed by atoms with Gasteiger partial charge < -0.3 is 73.9 Å². The molecule has 3 aromatic rings. The number of nitrogens with zero attached hydrogens (tertiary/aromatic N) is 4. The fourth-order valence-electron chi connectivity index (χ4n) is 8.78. The van der Waals surface area contributed by atoms with Crippen molar-refractivity contribution in [2.24, 2.45) is 28.3 Å². The summed E-state index contributed by atoms with van der Waals surface area (Å²) >= 11 is 0. The number of phenolic OH excluding ortho intramolecular Hbond substituents is 1. The van der Waals surface area contributed by atoms with Crippen molar-refractivity contribution in [2.45, 2.75) is 141 Å². The number of aliphatic imine (C=N–C) groups is 1. The van der Waals surface area contributed by atoms with E-state index in [9.17, 15) is 73.4 Å². The van der Waals surface area contributed by atoms with Crippen molar-refractivity contribution in [2.75, 3.05) is 13.1 Å². The van der Waals surface area contributed by atoms with Crippen LogP contribution in [0.2, 0.25) is 0 Å². The summed E-state index contributed by atoms with van der Waals surface area (Å²) in [5.74, 6) is -14.1. The standard InChI is InChI=1S/C52H72N14O15/c1-6-28(4)43(49(76)61-36(23-32-25-55-26-57-32)50(77)65-19-11-15-38(65)47(74)62-37(51(78)79)20-30-12-8-7-9-13-30)64-46(73)34(21-31-16-17-40(68)39(22-31)66(80)81)60-48(75)42(27(2)3)63-44(71)33(14-10-18-56-52(53)54)59-45(72)35(24-41(69)70)58-29(5)67/h7-9,12-13,16-17,22,25-28,33-38,42-43,68H,6,10-11,14-15,18-21,23-24H2,1-5H3,(H,55,57)(H,58,67)(H,59,72)(H,60,75)(H,61,76)(H,62,74)(H,63,71)(H,64,73)(H,69,70)(H,78,79)(H4,53,54,56)/t28-,33-,34-,35-,36-,37-,38-,42-,43-/m0/s1/i5D3. The molecule has 81 heavy (non-hydrogen) atoms. The first-order valence-electron chi connectivity index (χ1n) is 27.4. The number of amides is 8. The first kappa shape index (κ1) is 59.5. The van der Waals surface area contributed by atoms with Crippen LogP contribution in [0, 0.1) is 22.0 Å². The predicted octanol–water partition coefficient (Wildman–Crippen LogP) is -1.23. The van der Waals surface area contributed by atoms with Crippen LogP contribution in [0.15, 0.2) is 66.0 Å². The van der Waals surface area contributed by atoms with Gasteiger partial charge in [0, 0.05) is 61.3 Å². The summed E-state index contributed by atoms with van der Waals surface area (Å²) in [4.78, 5) is 159. The number of carbonyl (C=O) groups excluding carboxylic acids is 8. The van der Waals surface area contributed by atoms with Gasteiger partial charge in [-0.25, -0.2) is 9.78 Å². The van der Waals surface area contributed by atoms with Crippen LogP contribution in [0.25, 0.3) is 0 Å². The fraction of sp³-hybridized carbons (Fsp3) is 0.500. The van der Waals surface area contributed by atoms with Crippen LogP contribution in [0.3, 0.4) is 0 Å². The van der Waals surface area contributed by atoms with E-state index in [0.29, 0.717) is 17.7 Å². The largest absolute Gasteiger partial charge is 0.502 e. The summed E-state index contributed by atoms with van der Waals surface area (Å²) in [6, 6.07) is -0.621. The third-order valence-electron chi connectivity index (χ3n) is 13.3. The number of carboxylic acid groups (broad SMARTS) is 2. The maximum absolute atomic E-state index is 14.7. The van der Waals surface area contributed by atoms with E-state index in [1.54, 1.807) is 44.2 Å². The number of benzene rings is 2. The second-order valence-corrected chi connectivity index (χ2v) is 19.7. The number of H-pyrrole nitrogens is 1. The number of nitro benzene ring substituents is 1. The Labute approximate surface area is 470 Å². The first-order valence-corrected chi connectivity index (χ1v) is 25.9. The molecule has 8 amide bonds. The van der Waals surface area contributed by atoms with Gasteiger partial charge in [-0.15, -0.1) is 0 Å². The molecule has 0 spiro atoms. The molecule has 1 aliphatic rings. The van der Waals surface area contributed by atoms with Crippen molar-refractivity contribution in [1.82, 2.24) is 52.1 Å². The molecule has 1 aromatic heterocycles. The van der Waals surface area contributed by atoms with E-state index in [0.717, 1.165) is 12.1 Å². The SMILES string of the molecule is [2H]C([2H])([2H])C(=O)N[C@@H](CC(=O)O)C(=O)N[C@@H](CCCN=C(N)N)C(=O)N[C@H](C(=O)N[C@@H](Cc1ccc(O)c([N+](=O)[O-])c1)C(=O)N[C@H](C(=O)N[C@@H](Cc1cnc[nH]1)C(=O)N1CCC[C@H]1C(=O)N[C@@H](Cc1ccccc1)C(=O)O)[C@@H](C)CC)C(C)C. The highest BCUT2D eigenvalue weighted by Crippen LogP contribution is 2.27. The quantitative estimate of drug-likeness (QED) is 0.0118. The van der Waals surface area contributed by atoms with Gasteiger partial charge in [-0.05, 0) is 54.7 Å². The van der Waals surface area contributed by atoms with Crippen molar-refractivity contribution in [3.05, 3.63) is 88.0 Å². The van der Waals surface area contributed by atoms with Gasteiger partial charge in [-0.2, -0.15) is 0 Å². The molecule has 29 nitrogen and oxygen atoms in total. The number of aromatic amines is 1. The second-order valence-electron chi connectivity index (χ2n) is 19.7. The molecule has 0 radical (unpaired) electrons. The van der Waals surface area contributed by atoms with E-state index < -0.39 is 155 Å². The first-order chi connectivity index (χ1) is 39.5. The normalized spacial score (nSPS) is 16.6. The highest BCUT2D eigenvalue weighted by atomic mass is 16.6. The highest BCUT2D eigenvalue weighted by Gasteiger charge is 2.41. The molecule has 4 rings (SSSR count). The number of imidazole rings is 1. The van der Waals surface area contributed by atoms with Gasteiger partial charge in [0.05, 0.1) is 17.7 Å². The van der Waals surface area contributed by atoms with E-state index in [-0.39, 0.29) is 63.1 Å². The number of hydrogen-bond acceptors (Lipinski definition) is 15. The van der Waals surface area contributed by atoms with E-state index >= 15 is 0 Å². The topological polar surface area (TPSA) is 455 Å². The van der Waals surface area contributed by atoms with Crippen LogP contribution in [0.5, 0.6) is 5.75 Å². The molecule has 1 aliphatic heterocycles. The van der Waals surface area contributed by atoms with Gasteiger partial charge in [0.1, 0.15) is 48.3 Å². The lowest BCUT2D eigenvalue weighted by atomic mass is 9.96. The zero-order valence-electron chi connectivity index (χ0n) is 48.0. The number of rotatable bonds is 31. The lowest BCUT2D eigenvalue weighted by Crippen LogP contribution is -2.62. The van der Waals surface area contributed by atoms with Crippen LogP contribution < -0.4 is 48.7 Å². The van der Waals surface area contributed by atoms with Gasteiger partial charge in [0.2, 0.25) is 47.3 Å². The summed E-state index contributed by atoms with van der Waals surface area (Å²) in [5, 5.41) is 58.7. The minimum Gasteiger partial charge on any atom is -0.502 e. The van der Waals surface area contributed by atoms with Crippen LogP contribution in [0.4, 0.5) is 5.69 Å². The number of carbonyl (C=O) groups is 10. The molecular formula is C52H72N14O15. The van der Waals surface area contributed by atoms with E-state index in [4.69, 9.17) is 15.6 Å². The third kappa shape index (κ3) is 19.9. The third-order valence-corrected chi connectivity index (χ3v) is 13.3. The molecule has 29 heteroatoms. The molecular weight excluding hydrogens is 1060 g/mol. The molecule has 0 aliphatic carbocycles. The lowest BCUT2D eigenvalue weighted by molar-refractivity contribution is -0.385. The monoisotopic (exact) mass is 1140 g/mol. The Balaban J connectivity index is 1.67. The molecule has 440 valence electrons. The van der Waals surface area contributed by atoms with Gasteiger partial charge >= 0.3 is 17.6 Å². The Morgan fingerprint density at radius 1 is 0.802 bits per heavy atom. The number of guanidine groups is 1. The number of phenols is 1. The van der Waals surface area contributed by atoms with Crippen LogP contribution >= 0.6 is 0 Å². The number of nitro groups is 1. The smallest absolute Gasteiger partial charge is 0.326 e. The summed E-state index contributed by atoms with van der Waals surface area (Å²) in [7, 11) is 0. The second kappa shape index (κ2) is 30.8. The highest BCUT2D eigenvalue weighted by molar-refractivity contribution is 5.98. The summed E-state index contributed by atoms with van der Waals surface area (Å²) in [6.07, 6.45) is 1.25. The van der Waals surface area contributed by atoms with Crippen molar-refractivity contribution < 1.29 is 72.3 Å². The minimum atomic E-state index is -3.30. The van der Waals surface area contributed by atoms with Crippen LogP contribution in [-0.4, -0.2) is 162 Å². The van der Waals surface area contributed by atoms with Crippen molar-refractivity contribution >= 4 is 70.8 Å². The molecule has 0 saturated carbocycles. The summed E-state index contributed by atoms with van der Waals surface area (Å²) < 4.78 is 22.1. The molecule has 0 unspecified atom stereocenters. The Bertz CT molecular complexity index is 2870. The van der Waals surface area contributed by atoms with Crippen molar-refractivity contribution in [3.63, 3.8) is 0 Å². The number of nitrogens with two attached hydrogens (primary N) is 2. The molecule has 2 aromatic carbocycles. The summed E-state index contributed by atoms with van der Waals surface area (Å²) in [6.45, 7) is 2.93. The van der Waals surface area contributed by atoms with Gasteiger partial charge in [-0.3, -0.25) is 58.3 Å². The molecule has 1 fully saturated rings. The van der Waals surface area contributed by atoms with Crippen LogP contribution in [-0.2, 0) is 67.2 Å². The minimum absolute atomic E-state index is 0.0174. The van der Waals surface area contributed by atoms with Crippen LogP contribution in [0.1, 0.15) is 94.0 Å². The summed E-state index contributed by atoms with van der Waals surface area (Å²) in [5.41, 5.74) is 11.1. The Kier molecular flexibility index (Phi) is 22.6. The van der Waals surface area contributed by atoms with Crippen molar-refractivity contribution in [3.8, 4) is 5.75 Å². The molecule has 1 saturated heterocycles. The average Bonchev–Trinajstić information content (AvgIpc) is 3.58. The number of likely N-dealkylation sites (tertiary alicyclic amines) is 1. The van der Waals surface area contributed by atoms with E-state index in [1.807, 2.05) is 5.32 Å². The zero-order valence-corrected chi connectivity index (χ0v) is 45.0. The number of aliphatic carboxylic acids is 2. The number of aromatic hydroxyl groups is 1. The Morgan fingerprint density at radius 2 is 1.43 bits per heavy atom. The van der Waals surface area contributed by atoms with E-state index in [1.165, 1.54) is 37.3 Å². The fourth-order valence-corrected chi connectivity index (χ4v) is 8.78.